The molecule has 0 saturated carbocycles. The van der Waals surface area contributed by atoms with E-state index in [1.54, 1.807) is 0 Å². The third kappa shape index (κ3) is 4.95. The van der Waals surface area contributed by atoms with Gasteiger partial charge in [0, 0.05) is 30.9 Å². The molecule has 1 unspecified atom stereocenters. The number of piperidine rings is 1. The van der Waals surface area contributed by atoms with Gasteiger partial charge in [0.05, 0.1) is 12.5 Å². The normalized spacial score (nSPS) is 16.4. The lowest BCUT2D eigenvalue weighted by molar-refractivity contribution is -0.136. The average molecular weight is 419 g/mol. The fourth-order valence-corrected chi connectivity index (χ4v) is 4.07. The van der Waals surface area contributed by atoms with Gasteiger partial charge in [0.15, 0.2) is 0 Å². The van der Waals surface area contributed by atoms with Crippen molar-refractivity contribution in [3.05, 3.63) is 65.5 Å². The molecule has 1 fully saturated rings. The summed E-state index contributed by atoms with van der Waals surface area (Å²) in [5.74, 6) is 1.17. The van der Waals surface area contributed by atoms with E-state index in [1.807, 2.05) is 43.0 Å². The highest BCUT2D eigenvalue weighted by molar-refractivity contribution is 5.79. The molecule has 4 rings (SSSR count). The molecule has 2 heterocycles. The molecule has 1 saturated heterocycles. The van der Waals surface area contributed by atoms with Gasteiger partial charge >= 0.3 is 0 Å². The minimum Gasteiger partial charge on any atom is -0.371 e. The van der Waals surface area contributed by atoms with E-state index in [-0.39, 0.29) is 11.8 Å². The number of aryl methyl sites for hydroxylation is 2. The van der Waals surface area contributed by atoms with Gasteiger partial charge in [-0.3, -0.25) is 4.79 Å². The summed E-state index contributed by atoms with van der Waals surface area (Å²) in [6, 6.07) is 16.5. The van der Waals surface area contributed by atoms with Crippen molar-refractivity contribution in [3.63, 3.8) is 0 Å². The second kappa shape index (κ2) is 9.33. The lowest BCUT2D eigenvalue weighted by Crippen LogP contribution is -2.44. The smallest absolute Gasteiger partial charge is 0.246 e. The number of carbonyl (C=O) groups excluding carboxylic acids is 1. The first-order valence-corrected chi connectivity index (χ1v) is 11.0. The van der Waals surface area contributed by atoms with Crippen molar-refractivity contribution < 1.29 is 9.32 Å². The minimum absolute atomic E-state index is 0.0190. The van der Waals surface area contributed by atoms with E-state index >= 15 is 0 Å². The second-order valence-corrected chi connectivity index (χ2v) is 8.35. The quantitative estimate of drug-likeness (QED) is 0.585. The third-order valence-electron chi connectivity index (χ3n) is 5.97. The van der Waals surface area contributed by atoms with Crippen LogP contribution < -0.4 is 4.90 Å². The Balaban J connectivity index is 1.42. The number of aromatic nitrogens is 2. The Morgan fingerprint density at radius 3 is 2.45 bits per heavy atom. The van der Waals surface area contributed by atoms with Crippen molar-refractivity contribution >= 4 is 11.6 Å². The van der Waals surface area contributed by atoms with E-state index in [1.165, 1.54) is 16.8 Å². The van der Waals surface area contributed by atoms with Crippen LogP contribution in [0.5, 0.6) is 0 Å². The zero-order chi connectivity index (χ0) is 21.8. The van der Waals surface area contributed by atoms with Crippen molar-refractivity contribution in [1.82, 2.24) is 15.0 Å². The van der Waals surface area contributed by atoms with Gasteiger partial charge in [0.2, 0.25) is 17.6 Å². The second-order valence-electron chi connectivity index (χ2n) is 8.35. The monoisotopic (exact) mass is 418 g/mol. The van der Waals surface area contributed by atoms with Crippen LogP contribution in [0.25, 0.3) is 11.4 Å². The Hall–Kier alpha value is -3.15. The fourth-order valence-electron chi connectivity index (χ4n) is 4.07. The van der Waals surface area contributed by atoms with Crippen LogP contribution in [0.1, 0.15) is 36.8 Å². The molecule has 1 aliphatic rings. The number of nitrogens with zero attached hydrogens (tertiary/aromatic N) is 4. The summed E-state index contributed by atoms with van der Waals surface area (Å²) in [6.07, 6.45) is 1.93. The summed E-state index contributed by atoms with van der Waals surface area (Å²) in [5.41, 5.74) is 4.53. The molecular formula is C25H30N4O2. The lowest BCUT2D eigenvalue weighted by atomic mass is 9.95. The van der Waals surface area contributed by atoms with Gasteiger partial charge in [-0.15, -0.1) is 0 Å². The number of anilines is 1. The summed E-state index contributed by atoms with van der Waals surface area (Å²) in [4.78, 5) is 22.0. The SMILES string of the molecule is CCN(Cc1nc(-c2ccc(C)cc2)no1)C(=O)C1CCCN(c2ccc(C)cc2)C1. The number of carbonyl (C=O) groups is 1. The molecule has 162 valence electrons. The highest BCUT2D eigenvalue weighted by Gasteiger charge is 2.30. The van der Waals surface area contributed by atoms with Gasteiger partial charge in [-0.2, -0.15) is 4.98 Å². The van der Waals surface area contributed by atoms with Crippen molar-refractivity contribution in [2.24, 2.45) is 5.92 Å². The molecule has 2 aromatic carbocycles. The van der Waals surface area contributed by atoms with E-state index < -0.39 is 0 Å². The van der Waals surface area contributed by atoms with Gasteiger partial charge in [0.1, 0.15) is 0 Å². The molecule has 0 bridgehead atoms. The first-order valence-electron chi connectivity index (χ1n) is 11.0. The van der Waals surface area contributed by atoms with Crippen LogP contribution in [0.2, 0.25) is 0 Å². The average Bonchev–Trinajstić information content (AvgIpc) is 3.27. The van der Waals surface area contributed by atoms with Gasteiger partial charge in [-0.1, -0.05) is 52.7 Å². The summed E-state index contributed by atoms with van der Waals surface area (Å²) >= 11 is 0. The number of amides is 1. The molecule has 0 aliphatic carbocycles. The summed E-state index contributed by atoms with van der Waals surface area (Å²) in [5, 5.41) is 4.10. The molecule has 0 spiro atoms. The first kappa shape index (κ1) is 21.1. The van der Waals surface area contributed by atoms with Crippen molar-refractivity contribution in [3.8, 4) is 11.4 Å². The highest BCUT2D eigenvalue weighted by atomic mass is 16.5. The van der Waals surface area contributed by atoms with E-state index in [0.717, 1.165) is 31.5 Å². The number of rotatable bonds is 6. The maximum atomic E-state index is 13.3. The molecule has 31 heavy (non-hydrogen) atoms. The van der Waals surface area contributed by atoms with Crippen molar-refractivity contribution in [2.75, 3.05) is 24.5 Å². The minimum atomic E-state index is -0.0190. The Morgan fingerprint density at radius 1 is 1.10 bits per heavy atom. The van der Waals surface area contributed by atoms with E-state index in [2.05, 4.69) is 46.2 Å². The van der Waals surface area contributed by atoms with Gasteiger partial charge in [-0.25, -0.2) is 0 Å². The van der Waals surface area contributed by atoms with Crippen LogP contribution in [0.4, 0.5) is 5.69 Å². The standard InChI is InChI=1S/C25H30N4O2/c1-4-28(17-23-26-24(27-31-23)20-11-7-18(2)8-12-20)25(30)21-6-5-15-29(16-21)22-13-9-19(3)10-14-22/h7-14,21H,4-6,15-17H2,1-3H3. The molecule has 1 aliphatic heterocycles. The number of hydrogen-bond acceptors (Lipinski definition) is 5. The van der Waals surface area contributed by atoms with Crippen LogP contribution in [-0.2, 0) is 11.3 Å². The largest absolute Gasteiger partial charge is 0.371 e. The van der Waals surface area contributed by atoms with Crippen molar-refractivity contribution in [1.29, 1.82) is 0 Å². The van der Waals surface area contributed by atoms with Crippen LogP contribution in [0, 0.1) is 19.8 Å². The molecule has 6 heteroatoms. The van der Waals surface area contributed by atoms with E-state index in [4.69, 9.17) is 4.52 Å². The molecule has 0 radical (unpaired) electrons. The Labute approximate surface area is 183 Å². The van der Waals surface area contributed by atoms with Crippen LogP contribution in [0.15, 0.2) is 53.1 Å². The van der Waals surface area contributed by atoms with Gasteiger partial charge in [0.25, 0.3) is 0 Å². The number of hydrogen-bond donors (Lipinski definition) is 0. The van der Waals surface area contributed by atoms with E-state index in [9.17, 15) is 4.79 Å². The fraction of sp³-hybridized carbons (Fsp3) is 0.400. The molecule has 6 nitrogen and oxygen atoms in total. The first-order chi connectivity index (χ1) is 15.0. The van der Waals surface area contributed by atoms with Crippen LogP contribution in [0.3, 0.4) is 0 Å². The van der Waals surface area contributed by atoms with Crippen LogP contribution >= 0.6 is 0 Å². The summed E-state index contributed by atoms with van der Waals surface area (Å²) in [6.45, 7) is 8.82. The number of benzene rings is 2. The van der Waals surface area contributed by atoms with Gasteiger partial charge in [-0.05, 0) is 45.7 Å². The topological polar surface area (TPSA) is 62.5 Å². The maximum absolute atomic E-state index is 13.3. The Bertz CT molecular complexity index is 1010. The third-order valence-corrected chi connectivity index (χ3v) is 5.97. The molecule has 1 atom stereocenters. The summed E-state index contributed by atoms with van der Waals surface area (Å²) in [7, 11) is 0. The van der Waals surface area contributed by atoms with Crippen LogP contribution in [-0.4, -0.2) is 40.6 Å². The maximum Gasteiger partial charge on any atom is 0.246 e. The van der Waals surface area contributed by atoms with E-state index in [0.29, 0.717) is 24.8 Å². The molecule has 0 N–H and O–H groups in total. The molecular weight excluding hydrogens is 388 g/mol. The summed E-state index contributed by atoms with van der Waals surface area (Å²) < 4.78 is 5.46. The Kier molecular flexibility index (Phi) is 6.35. The van der Waals surface area contributed by atoms with Crippen molar-refractivity contribution in [2.45, 2.75) is 40.2 Å². The Morgan fingerprint density at radius 2 is 1.77 bits per heavy atom. The predicted octanol–water partition coefficient (Wildman–Crippen LogP) is 4.62. The van der Waals surface area contributed by atoms with Gasteiger partial charge < -0.3 is 14.3 Å². The predicted molar refractivity (Wildman–Crippen MR) is 122 cm³/mol. The lowest BCUT2D eigenvalue weighted by Gasteiger charge is -2.35. The zero-order valence-corrected chi connectivity index (χ0v) is 18.5. The molecule has 1 amide bonds. The molecule has 1 aromatic heterocycles. The zero-order valence-electron chi connectivity index (χ0n) is 18.5. The molecule has 3 aromatic rings. The highest BCUT2D eigenvalue weighted by Crippen LogP contribution is 2.25.